The smallest absolute Gasteiger partial charge is 0.0174 e. The van der Waals surface area contributed by atoms with Crippen LogP contribution in [-0.2, 0) is 20.5 Å². The molecule has 1 unspecified atom stereocenters. The molecule has 0 aliphatic rings. The number of hydrogen-bond acceptors (Lipinski definition) is 0. The lowest BCUT2D eigenvalue weighted by Gasteiger charge is -2.10. The minimum absolute atomic E-state index is 0.617. The van der Waals surface area contributed by atoms with Gasteiger partial charge in [-0.25, -0.2) is 0 Å². The summed E-state index contributed by atoms with van der Waals surface area (Å²) in [6, 6.07) is 4.59. The molecule has 0 N–H and O–H groups in total. The molecule has 0 radical (unpaired) electrons. The van der Waals surface area contributed by atoms with Crippen molar-refractivity contribution in [2.75, 3.05) is 0 Å². The molecule has 2 rings (SSSR count). The maximum atomic E-state index is 2.36. The molecule has 0 saturated carbocycles. The van der Waals surface area contributed by atoms with E-state index in [1.54, 1.807) is 0 Å². The average molecular weight is 258 g/mol. The summed E-state index contributed by atoms with van der Waals surface area (Å²) in [7, 11) is 4.25. The van der Waals surface area contributed by atoms with Gasteiger partial charge in [-0.2, -0.15) is 0 Å². The summed E-state index contributed by atoms with van der Waals surface area (Å²) in [6.07, 6.45) is 8.99. The molecule has 0 aliphatic carbocycles. The van der Waals surface area contributed by atoms with E-state index in [0.29, 0.717) is 11.8 Å². The molecule has 2 heterocycles. The monoisotopic (exact) mass is 258 g/mol. The molecule has 0 aliphatic heterocycles. The zero-order valence-corrected chi connectivity index (χ0v) is 12.9. The van der Waals surface area contributed by atoms with Crippen LogP contribution in [0.3, 0.4) is 0 Å². The predicted molar refractivity (Wildman–Crippen MR) is 81.7 cm³/mol. The molecule has 2 nitrogen and oxygen atoms in total. The molecule has 0 amide bonds. The van der Waals surface area contributed by atoms with Crippen molar-refractivity contribution in [2.24, 2.45) is 14.1 Å². The average Bonchev–Trinajstić information content (AvgIpc) is 2.93. The number of aryl methyl sites for hydroxylation is 3. The molecular weight excluding hydrogens is 232 g/mol. The van der Waals surface area contributed by atoms with Crippen LogP contribution in [0.4, 0.5) is 0 Å². The van der Waals surface area contributed by atoms with Crippen LogP contribution in [-0.4, -0.2) is 9.13 Å². The number of hydrogen-bond donors (Lipinski definition) is 0. The first-order valence-corrected chi connectivity index (χ1v) is 7.24. The lowest BCUT2D eigenvalue weighted by Crippen LogP contribution is -1.99. The lowest BCUT2D eigenvalue weighted by atomic mass is 9.97. The molecule has 1 atom stereocenters. The first-order chi connectivity index (χ1) is 8.97. The second kappa shape index (κ2) is 5.68. The normalized spacial score (nSPS) is 13.2. The number of rotatable bonds is 5. The van der Waals surface area contributed by atoms with Crippen LogP contribution in [0, 0.1) is 0 Å². The van der Waals surface area contributed by atoms with Gasteiger partial charge in [-0.05, 0) is 47.9 Å². The third-order valence-corrected chi connectivity index (χ3v) is 4.05. The maximum Gasteiger partial charge on any atom is 0.0174 e. The van der Waals surface area contributed by atoms with Gasteiger partial charge in [0.05, 0.1) is 0 Å². The van der Waals surface area contributed by atoms with E-state index in [1.807, 2.05) is 0 Å². The Bertz CT molecular complexity index is 531. The van der Waals surface area contributed by atoms with Crippen molar-refractivity contribution in [2.45, 2.75) is 45.4 Å². The highest BCUT2D eigenvalue weighted by Crippen LogP contribution is 2.23. The molecule has 19 heavy (non-hydrogen) atoms. The van der Waals surface area contributed by atoms with Crippen molar-refractivity contribution in [3.8, 4) is 0 Å². The number of nitrogens with zero attached hydrogens (tertiary/aromatic N) is 2. The summed E-state index contributed by atoms with van der Waals surface area (Å²) in [6.45, 7) is 6.83. The summed E-state index contributed by atoms with van der Waals surface area (Å²) >= 11 is 0. The van der Waals surface area contributed by atoms with Crippen molar-refractivity contribution < 1.29 is 0 Å². The molecule has 2 heteroatoms. The summed E-state index contributed by atoms with van der Waals surface area (Å²) < 4.78 is 4.41. The molecule has 0 bridgehead atoms. The zero-order valence-electron chi connectivity index (χ0n) is 12.9. The van der Waals surface area contributed by atoms with Crippen LogP contribution in [0.5, 0.6) is 0 Å². The van der Waals surface area contributed by atoms with Gasteiger partial charge in [0, 0.05) is 38.4 Å². The fraction of sp³-hybridized carbons (Fsp3) is 0.529. The van der Waals surface area contributed by atoms with Gasteiger partial charge in [-0.15, -0.1) is 0 Å². The molecule has 2 aromatic rings. The third-order valence-electron chi connectivity index (χ3n) is 4.05. The quantitative estimate of drug-likeness (QED) is 0.760. The lowest BCUT2D eigenvalue weighted by molar-refractivity contribution is 0.653. The van der Waals surface area contributed by atoms with Crippen molar-refractivity contribution in [3.63, 3.8) is 0 Å². The highest BCUT2D eigenvalue weighted by atomic mass is 14.9. The Labute approximate surface area is 117 Å². The summed E-state index contributed by atoms with van der Waals surface area (Å²) in [5.74, 6) is 1.24. The minimum atomic E-state index is 0.617. The summed E-state index contributed by atoms with van der Waals surface area (Å²) in [5, 5.41) is 0. The molecule has 2 aromatic heterocycles. The van der Waals surface area contributed by atoms with Gasteiger partial charge in [0.1, 0.15) is 0 Å². The van der Waals surface area contributed by atoms with Crippen LogP contribution in [0.15, 0.2) is 30.7 Å². The Kier molecular flexibility index (Phi) is 4.18. The standard InChI is InChI=1S/C17H26N2/c1-13(2)16-10-17(19(5)12-16)7-6-14(3)15-8-9-18(4)11-15/h8-14H,6-7H2,1-5H3. The Morgan fingerprint density at radius 3 is 2.32 bits per heavy atom. The van der Waals surface area contributed by atoms with E-state index in [1.165, 1.54) is 23.2 Å². The first kappa shape index (κ1) is 14.0. The first-order valence-electron chi connectivity index (χ1n) is 7.24. The Morgan fingerprint density at radius 2 is 1.79 bits per heavy atom. The molecule has 0 saturated heterocycles. The van der Waals surface area contributed by atoms with Crippen LogP contribution >= 0.6 is 0 Å². The van der Waals surface area contributed by atoms with E-state index >= 15 is 0 Å². The topological polar surface area (TPSA) is 9.86 Å². The summed E-state index contributed by atoms with van der Waals surface area (Å²) in [5.41, 5.74) is 4.34. The number of aromatic nitrogens is 2. The zero-order chi connectivity index (χ0) is 14.0. The molecule has 104 valence electrons. The van der Waals surface area contributed by atoms with Gasteiger partial charge in [0.15, 0.2) is 0 Å². The van der Waals surface area contributed by atoms with Crippen molar-refractivity contribution in [3.05, 3.63) is 47.5 Å². The van der Waals surface area contributed by atoms with Crippen LogP contribution in [0.25, 0.3) is 0 Å². The van der Waals surface area contributed by atoms with Gasteiger partial charge >= 0.3 is 0 Å². The fourth-order valence-electron chi connectivity index (χ4n) is 2.55. The van der Waals surface area contributed by atoms with E-state index in [2.05, 4.69) is 74.7 Å². The van der Waals surface area contributed by atoms with Gasteiger partial charge in [0.25, 0.3) is 0 Å². The van der Waals surface area contributed by atoms with Gasteiger partial charge in [0.2, 0.25) is 0 Å². The Morgan fingerprint density at radius 1 is 1.05 bits per heavy atom. The maximum absolute atomic E-state index is 2.36. The highest BCUT2D eigenvalue weighted by Gasteiger charge is 2.10. The van der Waals surface area contributed by atoms with Crippen LogP contribution in [0.2, 0.25) is 0 Å². The third kappa shape index (κ3) is 3.31. The SMILES string of the molecule is CC(C)c1cc(CCC(C)c2ccn(C)c2)n(C)c1. The van der Waals surface area contributed by atoms with Gasteiger partial charge < -0.3 is 9.13 Å². The van der Waals surface area contributed by atoms with Crippen molar-refractivity contribution >= 4 is 0 Å². The van der Waals surface area contributed by atoms with Crippen LogP contribution < -0.4 is 0 Å². The largest absolute Gasteiger partial charge is 0.357 e. The van der Waals surface area contributed by atoms with Gasteiger partial charge in [-0.3, -0.25) is 0 Å². The predicted octanol–water partition coefficient (Wildman–Crippen LogP) is 4.22. The second-order valence-corrected chi connectivity index (χ2v) is 6.08. The van der Waals surface area contributed by atoms with E-state index in [0.717, 1.165) is 6.42 Å². The minimum Gasteiger partial charge on any atom is -0.357 e. The fourth-order valence-corrected chi connectivity index (χ4v) is 2.55. The summed E-state index contributed by atoms with van der Waals surface area (Å²) in [4.78, 5) is 0. The van der Waals surface area contributed by atoms with Crippen molar-refractivity contribution in [1.82, 2.24) is 9.13 Å². The molecule has 0 aromatic carbocycles. The van der Waals surface area contributed by atoms with E-state index in [4.69, 9.17) is 0 Å². The van der Waals surface area contributed by atoms with E-state index < -0.39 is 0 Å². The molecule has 0 spiro atoms. The van der Waals surface area contributed by atoms with Crippen LogP contribution in [0.1, 0.15) is 55.8 Å². The van der Waals surface area contributed by atoms with E-state index in [9.17, 15) is 0 Å². The Hall–Kier alpha value is -1.44. The second-order valence-electron chi connectivity index (χ2n) is 6.08. The molecular formula is C17H26N2. The van der Waals surface area contributed by atoms with E-state index in [-0.39, 0.29) is 0 Å². The highest BCUT2D eigenvalue weighted by molar-refractivity contribution is 5.22. The van der Waals surface area contributed by atoms with Crippen molar-refractivity contribution in [1.29, 1.82) is 0 Å². The van der Waals surface area contributed by atoms with Gasteiger partial charge in [-0.1, -0.05) is 20.8 Å². The Balaban J connectivity index is 1.98. The molecule has 0 fully saturated rings.